The van der Waals surface area contributed by atoms with Gasteiger partial charge in [-0.2, -0.15) is 0 Å². The fourth-order valence-corrected chi connectivity index (χ4v) is 6.79. The maximum Gasteiger partial charge on any atom is 0.455 e. The smallest absolute Gasteiger partial charge is 0.455 e. The summed E-state index contributed by atoms with van der Waals surface area (Å²) in [6, 6.07) is 16.4. The van der Waals surface area contributed by atoms with Crippen LogP contribution in [0.4, 0.5) is 5.69 Å². The second-order valence-corrected chi connectivity index (χ2v) is 11.4. The quantitative estimate of drug-likeness (QED) is 0.249. The number of hydrogen-bond donors (Lipinski definition) is 2. The van der Waals surface area contributed by atoms with Crippen LogP contribution in [0.2, 0.25) is 6.32 Å². The Morgan fingerprint density at radius 1 is 1.05 bits per heavy atom. The average Bonchev–Trinajstić information content (AvgIpc) is 3.17. The summed E-state index contributed by atoms with van der Waals surface area (Å²) in [6.07, 6.45) is 6.21. The van der Waals surface area contributed by atoms with Gasteiger partial charge in [-0.05, 0) is 79.2 Å². The Bertz CT molecular complexity index is 1270. The van der Waals surface area contributed by atoms with Gasteiger partial charge in [0.15, 0.2) is 0 Å². The van der Waals surface area contributed by atoms with Gasteiger partial charge in [-0.15, -0.1) is 0 Å². The molecular weight excluding hydrogens is 489 g/mol. The van der Waals surface area contributed by atoms with E-state index in [2.05, 4.69) is 26.8 Å². The molecule has 0 bridgehead atoms. The molecule has 2 amide bonds. The number of hydrogen-bond acceptors (Lipinski definition) is 5. The highest BCUT2D eigenvalue weighted by atomic mass is 16.5. The molecule has 204 valence electrons. The molecule has 5 rings (SSSR count). The number of benzene rings is 2. The van der Waals surface area contributed by atoms with E-state index in [1.807, 2.05) is 42.5 Å². The molecule has 2 heterocycles. The number of carbonyl (C=O) groups is 2. The fourth-order valence-electron chi connectivity index (χ4n) is 6.79. The Kier molecular flexibility index (Phi) is 8.10. The number of anilines is 1. The van der Waals surface area contributed by atoms with Gasteiger partial charge < -0.3 is 14.8 Å². The van der Waals surface area contributed by atoms with Gasteiger partial charge in [0, 0.05) is 0 Å². The van der Waals surface area contributed by atoms with Crippen molar-refractivity contribution in [3.8, 4) is 5.75 Å². The fraction of sp³-hybridized carbons (Fsp3) is 0.438. The predicted molar refractivity (Wildman–Crippen MR) is 154 cm³/mol. The SMILES string of the molecule is CCC/C(=C\c1ccc(O)cc1)CC[C@H]1OB(O)C[C@H]2C1=C(C(C)C)C[C@H]1C(=O)N(c3ccccc3)C(=O)[C@H]12. The minimum atomic E-state index is -0.972. The Labute approximate surface area is 231 Å². The Morgan fingerprint density at radius 3 is 2.44 bits per heavy atom. The largest absolute Gasteiger partial charge is 0.508 e. The number of fused-ring (bicyclic) bond motifs is 3. The third kappa shape index (κ3) is 5.48. The molecule has 0 radical (unpaired) electrons. The van der Waals surface area contributed by atoms with Crippen LogP contribution in [0.15, 0.2) is 71.3 Å². The van der Waals surface area contributed by atoms with E-state index in [4.69, 9.17) is 4.65 Å². The lowest BCUT2D eigenvalue weighted by Gasteiger charge is -2.44. The van der Waals surface area contributed by atoms with Crippen LogP contribution in [0, 0.1) is 23.7 Å². The molecule has 39 heavy (non-hydrogen) atoms. The number of phenolic OH excluding ortho intramolecular Hbond substituents is 1. The molecule has 6 nitrogen and oxygen atoms in total. The number of nitrogens with zero attached hydrogens (tertiary/aromatic N) is 1. The first kappa shape index (κ1) is 27.4. The zero-order valence-electron chi connectivity index (χ0n) is 23.0. The first-order valence-corrected chi connectivity index (χ1v) is 14.3. The highest BCUT2D eigenvalue weighted by Crippen LogP contribution is 2.52. The van der Waals surface area contributed by atoms with Crippen LogP contribution in [-0.4, -0.2) is 35.2 Å². The van der Waals surface area contributed by atoms with Crippen molar-refractivity contribution in [3.63, 3.8) is 0 Å². The Hall–Kier alpha value is -3.16. The van der Waals surface area contributed by atoms with Gasteiger partial charge in [-0.1, -0.05) is 74.7 Å². The normalized spacial score (nSPS) is 25.4. The molecule has 7 heteroatoms. The zero-order chi connectivity index (χ0) is 27.7. The number of phenols is 1. The Morgan fingerprint density at radius 2 is 1.77 bits per heavy atom. The zero-order valence-corrected chi connectivity index (χ0v) is 23.0. The van der Waals surface area contributed by atoms with Crippen molar-refractivity contribution in [1.29, 1.82) is 0 Å². The second-order valence-electron chi connectivity index (χ2n) is 11.4. The number of amides is 2. The molecule has 0 saturated carbocycles. The summed E-state index contributed by atoms with van der Waals surface area (Å²) in [5.74, 6) is -0.925. The summed E-state index contributed by atoms with van der Waals surface area (Å²) in [7, 11) is -0.972. The van der Waals surface area contributed by atoms with Crippen LogP contribution in [0.1, 0.15) is 58.4 Å². The van der Waals surface area contributed by atoms with Gasteiger partial charge in [0.05, 0.1) is 23.6 Å². The van der Waals surface area contributed by atoms with Crippen LogP contribution >= 0.6 is 0 Å². The van der Waals surface area contributed by atoms with Gasteiger partial charge in [0.2, 0.25) is 11.8 Å². The number of rotatable bonds is 8. The average molecular weight is 527 g/mol. The molecule has 2 fully saturated rings. The van der Waals surface area contributed by atoms with Crippen LogP contribution in [0.25, 0.3) is 6.08 Å². The summed E-state index contributed by atoms with van der Waals surface area (Å²) in [5.41, 5.74) is 5.27. The van der Waals surface area contributed by atoms with E-state index in [0.29, 0.717) is 24.8 Å². The van der Waals surface area contributed by atoms with Gasteiger partial charge in [-0.25, -0.2) is 0 Å². The van der Waals surface area contributed by atoms with E-state index in [1.165, 1.54) is 16.0 Å². The van der Waals surface area contributed by atoms with Crippen LogP contribution in [-0.2, 0) is 14.2 Å². The van der Waals surface area contributed by atoms with E-state index in [1.54, 1.807) is 12.1 Å². The molecule has 1 aliphatic carbocycles. The lowest BCUT2D eigenvalue weighted by atomic mass is 9.57. The molecule has 2 aliphatic heterocycles. The second kappa shape index (κ2) is 11.5. The van der Waals surface area contributed by atoms with Crippen molar-refractivity contribution in [2.45, 2.75) is 65.3 Å². The summed E-state index contributed by atoms with van der Waals surface area (Å²) >= 11 is 0. The summed E-state index contributed by atoms with van der Waals surface area (Å²) in [6.45, 7) is 6.44. The number of para-hydroxylation sites is 1. The third-order valence-electron chi connectivity index (χ3n) is 8.52. The maximum atomic E-state index is 13.8. The van der Waals surface area contributed by atoms with Crippen molar-refractivity contribution in [3.05, 3.63) is 76.9 Å². The molecule has 2 aromatic carbocycles. The summed E-state index contributed by atoms with van der Waals surface area (Å²) in [4.78, 5) is 28.8. The summed E-state index contributed by atoms with van der Waals surface area (Å²) in [5, 5.41) is 20.5. The highest BCUT2D eigenvalue weighted by Gasteiger charge is 2.57. The minimum Gasteiger partial charge on any atom is -0.508 e. The lowest BCUT2D eigenvalue weighted by molar-refractivity contribution is -0.122. The topological polar surface area (TPSA) is 87.1 Å². The molecule has 0 unspecified atom stereocenters. The van der Waals surface area contributed by atoms with E-state index >= 15 is 0 Å². The van der Waals surface area contributed by atoms with Crippen LogP contribution < -0.4 is 4.90 Å². The van der Waals surface area contributed by atoms with Gasteiger partial charge in [0.1, 0.15) is 5.75 Å². The van der Waals surface area contributed by atoms with Crippen molar-refractivity contribution >= 4 is 30.7 Å². The molecule has 3 aliphatic rings. The maximum absolute atomic E-state index is 13.8. The molecule has 4 atom stereocenters. The molecule has 2 N–H and O–H groups in total. The monoisotopic (exact) mass is 527 g/mol. The summed E-state index contributed by atoms with van der Waals surface area (Å²) < 4.78 is 6.18. The van der Waals surface area contributed by atoms with Gasteiger partial charge in [0.25, 0.3) is 0 Å². The van der Waals surface area contributed by atoms with Gasteiger partial charge >= 0.3 is 7.12 Å². The molecule has 2 saturated heterocycles. The number of aromatic hydroxyl groups is 1. The molecular formula is C32H38BNO5. The molecule has 2 aromatic rings. The standard InChI is InChI=1S/C32H38BNO5/c1-4-8-21(17-22-11-14-24(35)15-12-22)13-16-28-29-25(20(2)3)18-26-30(27(29)19-33(38)39-28)32(37)34(31(26)36)23-9-6-5-7-10-23/h5-7,9-12,14-15,17,20,26-28,30,35,38H,4,8,13,16,18-19H2,1-3H3/b21-17+/t26-,27+,28-,30-/m1/s1. The van der Waals surface area contributed by atoms with E-state index in [0.717, 1.165) is 30.4 Å². The van der Waals surface area contributed by atoms with Crippen LogP contribution in [0.5, 0.6) is 5.75 Å². The van der Waals surface area contributed by atoms with Crippen molar-refractivity contribution < 1.29 is 24.4 Å². The lowest BCUT2D eigenvalue weighted by Crippen LogP contribution is -2.46. The van der Waals surface area contributed by atoms with Crippen molar-refractivity contribution in [2.24, 2.45) is 23.7 Å². The Balaban J connectivity index is 1.44. The molecule has 0 aromatic heterocycles. The number of carbonyl (C=O) groups excluding carboxylic acids is 2. The first-order valence-electron chi connectivity index (χ1n) is 14.3. The van der Waals surface area contributed by atoms with Crippen LogP contribution in [0.3, 0.4) is 0 Å². The number of allylic oxidation sites excluding steroid dienone is 2. The third-order valence-corrected chi connectivity index (χ3v) is 8.52. The predicted octanol–water partition coefficient (Wildman–Crippen LogP) is 6.01. The van der Waals surface area contributed by atoms with E-state index < -0.39 is 19.0 Å². The van der Waals surface area contributed by atoms with Gasteiger partial charge in [-0.3, -0.25) is 14.5 Å². The van der Waals surface area contributed by atoms with E-state index in [9.17, 15) is 19.7 Å². The van der Waals surface area contributed by atoms with E-state index in [-0.39, 0.29) is 35.5 Å². The van der Waals surface area contributed by atoms with Crippen molar-refractivity contribution in [2.75, 3.05) is 4.90 Å². The first-order chi connectivity index (χ1) is 18.8. The van der Waals surface area contributed by atoms with Crippen molar-refractivity contribution in [1.82, 2.24) is 0 Å². The number of imide groups is 1. The molecule has 0 spiro atoms. The minimum absolute atomic E-state index is 0.131. The highest BCUT2D eigenvalue weighted by molar-refractivity contribution is 6.43.